The maximum absolute atomic E-state index is 5.69. The molecule has 1 aliphatic rings. The summed E-state index contributed by atoms with van der Waals surface area (Å²) in [5, 5.41) is 0. The smallest absolute Gasteiger partial charge is 0.122 e. The van der Waals surface area contributed by atoms with E-state index in [0.717, 1.165) is 31.6 Å². The van der Waals surface area contributed by atoms with Crippen LogP contribution in [-0.2, 0) is 4.74 Å². The molecule has 0 bridgehead atoms. The lowest BCUT2D eigenvalue weighted by atomic mass is 9.86. The van der Waals surface area contributed by atoms with Crippen LogP contribution >= 0.6 is 0 Å². The summed E-state index contributed by atoms with van der Waals surface area (Å²) in [6.07, 6.45) is 3.21. The lowest BCUT2D eigenvalue weighted by Crippen LogP contribution is -2.39. The van der Waals surface area contributed by atoms with Crippen LogP contribution in [-0.4, -0.2) is 25.9 Å². The number of nitrogens with two attached hydrogens (primary N) is 1. The predicted octanol–water partition coefficient (Wildman–Crippen LogP) is 2.20. The highest BCUT2D eigenvalue weighted by atomic mass is 16.5. The van der Waals surface area contributed by atoms with Crippen molar-refractivity contribution in [3.8, 4) is 5.75 Å². The number of hydrazine groups is 1. The van der Waals surface area contributed by atoms with Crippen LogP contribution in [0.2, 0.25) is 0 Å². The number of rotatable bonds is 6. The normalized spacial score (nSPS) is 21.3. The Labute approximate surface area is 115 Å². The third kappa shape index (κ3) is 3.69. The summed E-state index contributed by atoms with van der Waals surface area (Å²) in [6.45, 7) is 2.86. The van der Waals surface area contributed by atoms with Gasteiger partial charge >= 0.3 is 0 Å². The molecule has 0 radical (unpaired) electrons. The summed E-state index contributed by atoms with van der Waals surface area (Å²) >= 11 is 0. The van der Waals surface area contributed by atoms with Gasteiger partial charge in [-0.05, 0) is 43.7 Å². The third-order valence-corrected chi connectivity index (χ3v) is 3.91. The molecule has 0 saturated carbocycles. The zero-order chi connectivity index (χ0) is 13.7. The molecule has 4 heteroatoms. The number of ether oxygens (including phenoxy) is 2. The van der Waals surface area contributed by atoms with Crippen LogP contribution in [0.15, 0.2) is 24.3 Å². The zero-order valence-electron chi connectivity index (χ0n) is 11.8. The van der Waals surface area contributed by atoms with Crippen molar-refractivity contribution in [1.29, 1.82) is 0 Å². The lowest BCUT2D eigenvalue weighted by molar-refractivity contribution is 0.0974. The molecule has 3 N–H and O–H groups in total. The van der Waals surface area contributed by atoms with Crippen LogP contribution in [0, 0.1) is 0 Å². The number of methoxy groups -OCH3 is 1. The third-order valence-electron chi connectivity index (χ3n) is 3.91. The summed E-state index contributed by atoms with van der Waals surface area (Å²) in [5.74, 6) is 7.21. The van der Waals surface area contributed by atoms with E-state index in [0.29, 0.717) is 5.92 Å². The van der Waals surface area contributed by atoms with E-state index in [1.807, 2.05) is 12.1 Å². The van der Waals surface area contributed by atoms with Gasteiger partial charge in [0, 0.05) is 13.2 Å². The Kier molecular flexibility index (Phi) is 5.19. The van der Waals surface area contributed by atoms with Gasteiger partial charge < -0.3 is 9.47 Å². The molecule has 1 aromatic rings. The molecule has 0 saturated heterocycles. The van der Waals surface area contributed by atoms with Gasteiger partial charge in [-0.1, -0.05) is 18.2 Å². The van der Waals surface area contributed by atoms with Gasteiger partial charge in [-0.25, -0.2) is 0 Å². The van der Waals surface area contributed by atoms with E-state index in [1.165, 1.54) is 5.56 Å². The highest BCUT2D eigenvalue weighted by Crippen LogP contribution is 2.36. The maximum Gasteiger partial charge on any atom is 0.122 e. The number of para-hydroxylation sites is 1. The highest BCUT2D eigenvalue weighted by molar-refractivity contribution is 5.37. The quantitative estimate of drug-likeness (QED) is 0.611. The first kappa shape index (κ1) is 14.3. The molecule has 0 aromatic heterocycles. The minimum absolute atomic E-state index is 0.219. The van der Waals surface area contributed by atoms with Crippen molar-refractivity contribution in [1.82, 2.24) is 5.43 Å². The van der Waals surface area contributed by atoms with Gasteiger partial charge in [0.05, 0.1) is 12.7 Å². The SMILES string of the molecule is COC(C)CC(CC1CCOc2ccccc21)NN. The van der Waals surface area contributed by atoms with Crippen molar-refractivity contribution in [3.05, 3.63) is 29.8 Å². The van der Waals surface area contributed by atoms with E-state index >= 15 is 0 Å². The summed E-state index contributed by atoms with van der Waals surface area (Å²) < 4.78 is 11.0. The van der Waals surface area contributed by atoms with E-state index in [4.69, 9.17) is 15.3 Å². The average molecular weight is 264 g/mol. The van der Waals surface area contributed by atoms with Crippen LogP contribution in [0.25, 0.3) is 0 Å². The van der Waals surface area contributed by atoms with Gasteiger partial charge in [0.25, 0.3) is 0 Å². The summed E-state index contributed by atoms with van der Waals surface area (Å²) in [5.41, 5.74) is 4.23. The summed E-state index contributed by atoms with van der Waals surface area (Å²) in [7, 11) is 1.74. The second-order valence-corrected chi connectivity index (χ2v) is 5.25. The van der Waals surface area contributed by atoms with Crippen LogP contribution in [0.3, 0.4) is 0 Å². The molecule has 0 aliphatic carbocycles. The van der Waals surface area contributed by atoms with Gasteiger partial charge in [-0.3, -0.25) is 11.3 Å². The van der Waals surface area contributed by atoms with Gasteiger partial charge in [-0.2, -0.15) is 0 Å². The number of nitrogens with one attached hydrogen (secondary N) is 1. The molecule has 1 heterocycles. The second kappa shape index (κ2) is 6.89. The summed E-state index contributed by atoms with van der Waals surface area (Å²) in [6, 6.07) is 8.57. The number of fused-ring (bicyclic) bond motifs is 1. The van der Waals surface area contributed by atoms with Gasteiger partial charge in [0.15, 0.2) is 0 Å². The van der Waals surface area contributed by atoms with Crippen LogP contribution in [0.4, 0.5) is 0 Å². The molecule has 0 fully saturated rings. The minimum Gasteiger partial charge on any atom is -0.493 e. The predicted molar refractivity (Wildman–Crippen MR) is 76.1 cm³/mol. The Hall–Kier alpha value is -1.10. The topological polar surface area (TPSA) is 56.5 Å². The molecule has 3 unspecified atom stereocenters. The first-order valence-electron chi connectivity index (χ1n) is 6.95. The Balaban J connectivity index is 2.02. The van der Waals surface area contributed by atoms with E-state index in [1.54, 1.807) is 7.11 Å². The Bertz CT molecular complexity index is 397. The van der Waals surface area contributed by atoms with Gasteiger partial charge in [-0.15, -0.1) is 0 Å². The molecule has 2 rings (SSSR count). The molecule has 106 valence electrons. The maximum atomic E-state index is 5.69. The van der Waals surface area contributed by atoms with Crippen LogP contribution in [0.5, 0.6) is 5.75 Å². The molecule has 0 spiro atoms. The fourth-order valence-corrected chi connectivity index (χ4v) is 2.73. The Morgan fingerprint density at radius 2 is 2.26 bits per heavy atom. The minimum atomic E-state index is 0.219. The molecule has 4 nitrogen and oxygen atoms in total. The van der Waals surface area contributed by atoms with Crippen molar-refractivity contribution in [2.24, 2.45) is 5.84 Å². The average Bonchev–Trinajstić information content (AvgIpc) is 2.46. The van der Waals surface area contributed by atoms with E-state index in [2.05, 4.69) is 24.5 Å². The fourth-order valence-electron chi connectivity index (χ4n) is 2.73. The Morgan fingerprint density at radius 1 is 1.47 bits per heavy atom. The standard InChI is InChI=1S/C15H24N2O2/c1-11(18-2)9-13(17-16)10-12-7-8-19-15-6-4-3-5-14(12)15/h3-6,11-13,17H,7-10,16H2,1-2H3. The van der Waals surface area contributed by atoms with Gasteiger partial charge in [0.2, 0.25) is 0 Å². The lowest BCUT2D eigenvalue weighted by Gasteiger charge is -2.29. The van der Waals surface area contributed by atoms with Gasteiger partial charge in [0.1, 0.15) is 5.75 Å². The number of hydrogen-bond donors (Lipinski definition) is 2. The first-order chi connectivity index (χ1) is 9.24. The molecular formula is C15H24N2O2. The molecule has 1 aromatic carbocycles. The van der Waals surface area contributed by atoms with Crippen molar-refractivity contribution in [2.75, 3.05) is 13.7 Å². The molecule has 3 atom stereocenters. The fraction of sp³-hybridized carbons (Fsp3) is 0.600. The van der Waals surface area contributed by atoms with Crippen LogP contribution in [0.1, 0.15) is 37.7 Å². The molecular weight excluding hydrogens is 240 g/mol. The van der Waals surface area contributed by atoms with E-state index < -0.39 is 0 Å². The van der Waals surface area contributed by atoms with Crippen molar-refractivity contribution < 1.29 is 9.47 Å². The van der Waals surface area contributed by atoms with E-state index in [-0.39, 0.29) is 12.1 Å². The van der Waals surface area contributed by atoms with E-state index in [9.17, 15) is 0 Å². The van der Waals surface area contributed by atoms with Crippen LogP contribution < -0.4 is 16.0 Å². The first-order valence-corrected chi connectivity index (χ1v) is 6.95. The molecule has 1 aliphatic heterocycles. The zero-order valence-corrected chi connectivity index (χ0v) is 11.8. The van der Waals surface area contributed by atoms with Crippen molar-refractivity contribution in [2.45, 2.75) is 44.2 Å². The summed E-state index contributed by atoms with van der Waals surface area (Å²) in [4.78, 5) is 0. The van der Waals surface area contributed by atoms with Crippen molar-refractivity contribution >= 4 is 0 Å². The molecule has 0 amide bonds. The number of benzene rings is 1. The Morgan fingerprint density at radius 3 is 3.00 bits per heavy atom. The monoisotopic (exact) mass is 264 g/mol. The van der Waals surface area contributed by atoms with Crippen molar-refractivity contribution in [3.63, 3.8) is 0 Å². The highest BCUT2D eigenvalue weighted by Gasteiger charge is 2.24. The largest absolute Gasteiger partial charge is 0.493 e. The molecule has 19 heavy (non-hydrogen) atoms. The number of hydrogen-bond acceptors (Lipinski definition) is 4. The second-order valence-electron chi connectivity index (χ2n) is 5.25.